The van der Waals surface area contributed by atoms with Gasteiger partial charge in [0, 0.05) is 36.9 Å². The molecule has 42 heavy (non-hydrogen) atoms. The Morgan fingerprint density at radius 2 is 1.55 bits per heavy atom. The van der Waals surface area contributed by atoms with Crippen LogP contribution in [0.3, 0.4) is 0 Å². The van der Waals surface area contributed by atoms with Gasteiger partial charge in [-0.1, -0.05) is 78.3 Å². The van der Waals surface area contributed by atoms with Gasteiger partial charge in [-0.15, -0.1) is 0 Å². The lowest BCUT2D eigenvalue weighted by molar-refractivity contribution is -0.141. The van der Waals surface area contributed by atoms with Crippen molar-refractivity contribution < 1.29 is 18.0 Å². The maximum atomic E-state index is 13.9. The summed E-state index contributed by atoms with van der Waals surface area (Å²) >= 11 is 3.51. The minimum atomic E-state index is -3.57. The fourth-order valence-electron chi connectivity index (χ4n) is 4.91. The standard InChI is InChI=1S/C33H42BrN3O4S/c1-24(2)22-35-33(39)31(21-27-11-7-6-8-12-27)36(23-28-13-9-14-29(34)20-28)32(38)15-10-16-37(42(5,40)41)30-18-25(3)17-26(4)19-30/h6-9,11-14,17-20,24,31H,10,15-16,21-23H2,1-5H3,(H,35,39)/t31-/m1/s1. The number of aryl methyl sites for hydroxylation is 2. The summed E-state index contributed by atoms with van der Waals surface area (Å²) in [6.45, 7) is 8.82. The smallest absolute Gasteiger partial charge is 0.243 e. The minimum absolute atomic E-state index is 0.0908. The molecule has 1 atom stereocenters. The zero-order chi connectivity index (χ0) is 30.9. The maximum Gasteiger partial charge on any atom is 0.243 e. The highest BCUT2D eigenvalue weighted by Crippen LogP contribution is 2.23. The number of hydrogen-bond acceptors (Lipinski definition) is 4. The van der Waals surface area contributed by atoms with Gasteiger partial charge >= 0.3 is 0 Å². The monoisotopic (exact) mass is 655 g/mol. The van der Waals surface area contributed by atoms with E-state index in [1.54, 1.807) is 4.90 Å². The van der Waals surface area contributed by atoms with Crippen LogP contribution in [-0.4, -0.2) is 50.5 Å². The Morgan fingerprint density at radius 3 is 2.14 bits per heavy atom. The van der Waals surface area contributed by atoms with Crippen molar-refractivity contribution in [3.8, 4) is 0 Å². The zero-order valence-electron chi connectivity index (χ0n) is 25.1. The molecule has 0 bridgehead atoms. The highest BCUT2D eigenvalue weighted by atomic mass is 79.9. The molecule has 3 aromatic carbocycles. The van der Waals surface area contributed by atoms with Crippen LogP contribution in [0.1, 0.15) is 48.9 Å². The van der Waals surface area contributed by atoms with Crippen molar-refractivity contribution in [2.24, 2.45) is 5.92 Å². The summed E-state index contributed by atoms with van der Waals surface area (Å²) in [5, 5.41) is 3.03. The van der Waals surface area contributed by atoms with Gasteiger partial charge in [0.2, 0.25) is 21.8 Å². The molecule has 1 N–H and O–H groups in total. The Balaban J connectivity index is 1.89. The van der Waals surface area contributed by atoms with E-state index in [0.29, 0.717) is 25.1 Å². The van der Waals surface area contributed by atoms with Gasteiger partial charge < -0.3 is 10.2 Å². The lowest BCUT2D eigenvalue weighted by Crippen LogP contribution is -2.51. The Hall–Kier alpha value is -3.17. The van der Waals surface area contributed by atoms with E-state index in [2.05, 4.69) is 21.2 Å². The lowest BCUT2D eigenvalue weighted by Gasteiger charge is -2.32. The summed E-state index contributed by atoms with van der Waals surface area (Å²) in [6.07, 6.45) is 1.94. The van der Waals surface area contributed by atoms with Gasteiger partial charge in [-0.2, -0.15) is 0 Å². The molecule has 226 valence electrons. The van der Waals surface area contributed by atoms with Gasteiger partial charge in [0.15, 0.2) is 0 Å². The van der Waals surface area contributed by atoms with Crippen molar-refractivity contribution in [2.45, 2.75) is 59.5 Å². The number of anilines is 1. The second kappa shape index (κ2) is 15.3. The number of hydrogen-bond donors (Lipinski definition) is 1. The van der Waals surface area contributed by atoms with E-state index in [1.807, 2.05) is 100 Å². The summed E-state index contributed by atoms with van der Waals surface area (Å²) in [4.78, 5) is 29.2. The van der Waals surface area contributed by atoms with Crippen molar-refractivity contribution in [3.63, 3.8) is 0 Å². The Labute approximate surface area is 259 Å². The van der Waals surface area contributed by atoms with E-state index in [1.165, 1.54) is 10.6 Å². The molecule has 0 aliphatic heterocycles. The third-order valence-corrected chi connectivity index (χ3v) is 8.53. The number of nitrogens with zero attached hydrogens (tertiary/aromatic N) is 2. The second-order valence-electron chi connectivity index (χ2n) is 11.3. The summed E-state index contributed by atoms with van der Waals surface area (Å²) in [7, 11) is -3.57. The van der Waals surface area contributed by atoms with Gasteiger partial charge in [0.25, 0.3) is 0 Å². The fraction of sp³-hybridized carbons (Fsp3) is 0.394. The molecular formula is C33H42BrN3O4S. The normalized spacial score (nSPS) is 12.2. The van der Waals surface area contributed by atoms with Crippen molar-refractivity contribution in [1.29, 1.82) is 0 Å². The van der Waals surface area contributed by atoms with Crippen LogP contribution in [-0.2, 0) is 32.6 Å². The minimum Gasteiger partial charge on any atom is -0.354 e. The number of nitrogens with one attached hydrogen (secondary N) is 1. The Bertz CT molecular complexity index is 1440. The molecule has 0 aliphatic rings. The van der Waals surface area contributed by atoms with Crippen LogP contribution in [0.15, 0.2) is 77.3 Å². The molecule has 0 aliphatic carbocycles. The highest BCUT2D eigenvalue weighted by Gasteiger charge is 2.30. The van der Waals surface area contributed by atoms with Crippen molar-refractivity contribution in [1.82, 2.24) is 10.2 Å². The molecule has 0 fully saturated rings. The molecule has 0 saturated carbocycles. The van der Waals surface area contributed by atoms with Crippen LogP contribution in [0, 0.1) is 19.8 Å². The molecule has 3 aromatic rings. The van der Waals surface area contributed by atoms with E-state index in [9.17, 15) is 18.0 Å². The van der Waals surface area contributed by atoms with Crippen LogP contribution >= 0.6 is 15.9 Å². The lowest BCUT2D eigenvalue weighted by atomic mass is 10.0. The van der Waals surface area contributed by atoms with Crippen molar-refractivity contribution >= 4 is 43.5 Å². The van der Waals surface area contributed by atoms with E-state index in [-0.39, 0.29) is 37.2 Å². The first-order valence-electron chi connectivity index (χ1n) is 14.2. The molecule has 9 heteroatoms. The topological polar surface area (TPSA) is 86.8 Å². The number of halogens is 1. The first-order valence-corrected chi connectivity index (χ1v) is 16.9. The van der Waals surface area contributed by atoms with Crippen LogP contribution in [0.25, 0.3) is 0 Å². The Morgan fingerprint density at radius 1 is 0.905 bits per heavy atom. The number of rotatable bonds is 14. The van der Waals surface area contributed by atoms with Crippen LogP contribution in [0.4, 0.5) is 5.69 Å². The van der Waals surface area contributed by atoms with E-state index >= 15 is 0 Å². The quantitative estimate of drug-likeness (QED) is 0.230. The van der Waals surface area contributed by atoms with Gasteiger partial charge in [-0.3, -0.25) is 13.9 Å². The number of sulfonamides is 1. The largest absolute Gasteiger partial charge is 0.354 e. The number of amides is 2. The van der Waals surface area contributed by atoms with Gasteiger partial charge in [-0.25, -0.2) is 8.42 Å². The molecule has 0 heterocycles. The number of carbonyl (C=O) groups excluding carboxylic acids is 2. The molecular weight excluding hydrogens is 614 g/mol. The van der Waals surface area contributed by atoms with Gasteiger partial charge in [-0.05, 0) is 72.7 Å². The van der Waals surface area contributed by atoms with E-state index in [0.717, 1.165) is 26.7 Å². The second-order valence-corrected chi connectivity index (χ2v) is 14.1. The number of benzene rings is 3. The van der Waals surface area contributed by atoms with Gasteiger partial charge in [0.1, 0.15) is 6.04 Å². The van der Waals surface area contributed by atoms with Crippen LogP contribution in [0.5, 0.6) is 0 Å². The molecule has 0 spiro atoms. The number of carbonyl (C=O) groups is 2. The van der Waals surface area contributed by atoms with Crippen molar-refractivity contribution in [3.05, 3.63) is 99.5 Å². The van der Waals surface area contributed by atoms with Crippen LogP contribution < -0.4 is 9.62 Å². The predicted octanol–water partition coefficient (Wildman–Crippen LogP) is 6.02. The molecule has 0 unspecified atom stereocenters. The summed E-state index contributed by atoms with van der Waals surface area (Å²) in [6, 6.07) is 22.3. The first-order chi connectivity index (χ1) is 19.8. The Kier molecular flexibility index (Phi) is 12.2. The summed E-state index contributed by atoms with van der Waals surface area (Å²) in [5.74, 6) is -0.152. The summed E-state index contributed by atoms with van der Waals surface area (Å²) < 4.78 is 27.7. The zero-order valence-corrected chi connectivity index (χ0v) is 27.5. The SMILES string of the molecule is Cc1cc(C)cc(N(CCCC(=O)N(Cc2cccc(Br)c2)[C@H](Cc2ccccc2)C(=O)NCC(C)C)S(C)(=O)=O)c1. The third kappa shape index (κ3) is 10.3. The van der Waals surface area contributed by atoms with Crippen LogP contribution in [0.2, 0.25) is 0 Å². The van der Waals surface area contributed by atoms with E-state index < -0.39 is 16.1 Å². The predicted molar refractivity (Wildman–Crippen MR) is 174 cm³/mol. The maximum absolute atomic E-state index is 13.9. The fourth-order valence-corrected chi connectivity index (χ4v) is 6.30. The average molecular weight is 657 g/mol. The summed E-state index contributed by atoms with van der Waals surface area (Å²) in [5.41, 5.74) is 4.35. The third-order valence-electron chi connectivity index (χ3n) is 6.84. The first kappa shape index (κ1) is 33.3. The molecule has 0 radical (unpaired) electrons. The average Bonchev–Trinajstić information content (AvgIpc) is 2.91. The molecule has 3 rings (SSSR count). The molecule has 7 nitrogen and oxygen atoms in total. The molecule has 0 saturated heterocycles. The van der Waals surface area contributed by atoms with E-state index in [4.69, 9.17) is 0 Å². The molecule has 2 amide bonds. The molecule has 0 aromatic heterocycles. The van der Waals surface area contributed by atoms with Gasteiger partial charge in [0.05, 0.1) is 11.9 Å². The highest BCUT2D eigenvalue weighted by molar-refractivity contribution is 9.10. The van der Waals surface area contributed by atoms with Crippen molar-refractivity contribution in [2.75, 3.05) is 23.7 Å².